The van der Waals surface area contributed by atoms with E-state index in [9.17, 15) is 9.90 Å². The minimum atomic E-state index is -0.904. The van der Waals surface area contributed by atoms with Gasteiger partial charge in [0.05, 0.1) is 31.6 Å². The Labute approximate surface area is 146 Å². The number of carbonyl (C=O) groups excluding carboxylic acids is 1. The number of amides is 1. The van der Waals surface area contributed by atoms with E-state index in [4.69, 9.17) is 9.47 Å². The van der Waals surface area contributed by atoms with Gasteiger partial charge in [-0.05, 0) is 19.4 Å². The van der Waals surface area contributed by atoms with Crippen LogP contribution in [0.3, 0.4) is 0 Å². The smallest absolute Gasteiger partial charge is 0.412 e. The maximum absolute atomic E-state index is 12.7. The summed E-state index contributed by atoms with van der Waals surface area (Å²) in [7, 11) is 0. The summed E-state index contributed by atoms with van der Waals surface area (Å²) in [5.41, 5.74) is -0.00307. The van der Waals surface area contributed by atoms with E-state index in [-0.39, 0.29) is 13.2 Å². The number of benzene rings is 1. The van der Waals surface area contributed by atoms with Crippen molar-refractivity contribution in [3.05, 3.63) is 48.3 Å². The number of hydrogen-bond acceptors (Lipinski definition) is 6. The molecule has 0 spiro atoms. The molecule has 1 aromatic carbocycles. The van der Waals surface area contributed by atoms with Gasteiger partial charge in [-0.1, -0.05) is 30.3 Å². The Morgan fingerprint density at radius 2 is 1.96 bits per heavy atom. The maximum Gasteiger partial charge on any atom is 0.412 e. The second-order valence-electron chi connectivity index (χ2n) is 6.35. The first-order valence-electron chi connectivity index (χ1n) is 8.14. The van der Waals surface area contributed by atoms with E-state index in [0.717, 1.165) is 5.56 Å². The predicted octanol–water partition coefficient (Wildman–Crippen LogP) is 1.41. The topological polar surface area (TPSA) is 89.7 Å². The second-order valence-corrected chi connectivity index (χ2v) is 6.35. The van der Waals surface area contributed by atoms with Gasteiger partial charge in [-0.25, -0.2) is 4.79 Å². The number of aliphatic hydroxyl groups is 1. The van der Waals surface area contributed by atoms with Gasteiger partial charge in [0.1, 0.15) is 18.4 Å². The van der Waals surface area contributed by atoms with Crippen molar-refractivity contribution in [2.45, 2.75) is 44.9 Å². The molecule has 3 rings (SSSR count). The molecule has 2 heterocycles. The fourth-order valence-electron chi connectivity index (χ4n) is 3.08. The number of ether oxygens (including phenoxy) is 2. The highest BCUT2D eigenvalue weighted by Gasteiger charge is 2.50. The van der Waals surface area contributed by atoms with Crippen LogP contribution in [0.4, 0.5) is 4.79 Å². The van der Waals surface area contributed by atoms with E-state index >= 15 is 0 Å². The molecule has 2 atom stereocenters. The highest BCUT2D eigenvalue weighted by atomic mass is 16.6. The average molecular weight is 346 g/mol. The minimum absolute atomic E-state index is 0.169. The van der Waals surface area contributed by atoms with Gasteiger partial charge >= 0.3 is 6.09 Å². The van der Waals surface area contributed by atoms with Crippen molar-refractivity contribution >= 4 is 6.09 Å². The van der Waals surface area contributed by atoms with Gasteiger partial charge in [0.25, 0.3) is 0 Å². The summed E-state index contributed by atoms with van der Waals surface area (Å²) in [6, 6.07) is 9.03. The summed E-state index contributed by atoms with van der Waals surface area (Å²) in [5, 5.41) is 17.8. The zero-order valence-corrected chi connectivity index (χ0v) is 14.3. The average Bonchev–Trinajstić information content (AvgIpc) is 3.19. The molecule has 0 bridgehead atoms. The zero-order valence-electron chi connectivity index (χ0n) is 14.3. The van der Waals surface area contributed by atoms with Gasteiger partial charge in [-0.2, -0.15) is 15.0 Å². The number of aliphatic hydroxyl groups excluding tert-OH is 1. The van der Waals surface area contributed by atoms with Crippen LogP contribution in [0.1, 0.15) is 19.4 Å². The Morgan fingerprint density at radius 3 is 2.60 bits per heavy atom. The summed E-state index contributed by atoms with van der Waals surface area (Å²) in [6.07, 6.45) is 2.09. The van der Waals surface area contributed by atoms with Gasteiger partial charge < -0.3 is 14.6 Å². The molecular weight excluding hydrogens is 324 g/mol. The van der Waals surface area contributed by atoms with Crippen LogP contribution in [0.15, 0.2) is 42.7 Å². The summed E-state index contributed by atoms with van der Waals surface area (Å²) in [5.74, 6) is 0. The summed E-state index contributed by atoms with van der Waals surface area (Å²) < 4.78 is 11.3. The monoisotopic (exact) mass is 346 g/mol. The number of aromatic nitrogens is 3. The lowest BCUT2D eigenvalue weighted by Crippen LogP contribution is -2.50. The zero-order chi connectivity index (χ0) is 17.9. The maximum atomic E-state index is 12.7. The van der Waals surface area contributed by atoms with Crippen molar-refractivity contribution in [2.24, 2.45) is 0 Å². The summed E-state index contributed by atoms with van der Waals surface area (Å²) in [6.45, 7) is 3.81. The van der Waals surface area contributed by atoms with Crippen LogP contribution in [-0.4, -0.2) is 55.6 Å². The molecule has 0 aliphatic carbocycles. The molecule has 1 N–H and O–H groups in total. The molecule has 8 heteroatoms. The van der Waals surface area contributed by atoms with Crippen LogP contribution in [0.2, 0.25) is 0 Å². The van der Waals surface area contributed by atoms with Crippen molar-refractivity contribution in [3.8, 4) is 0 Å². The van der Waals surface area contributed by atoms with E-state index in [2.05, 4.69) is 10.2 Å². The SMILES string of the molecule is CC1(C)OC(CO)C(Cn2nccn2)N1C(=O)OCc1ccccc1. The molecular formula is C17H22N4O4. The lowest BCUT2D eigenvalue weighted by Gasteiger charge is -2.32. The molecule has 2 unspecified atom stereocenters. The van der Waals surface area contributed by atoms with Gasteiger partial charge in [0.2, 0.25) is 0 Å². The summed E-state index contributed by atoms with van der Waals surface area (Å²) in [4.78, 5) is 15.7. The third-order valence-electron chi connectivity index (χ3n) is 4.18. The molecule has 8 nitrogen and oxygen atoms in total. The molecule has 1 aromatic heterocycles. The van der Waals surface area contributed by atoms with Gasteiger partial charge in [0, 0.05) is 0 Å². The van der Waals surface area contributed by atoms with E-state index in [0.29, 0.717) is 6.54 Å². The Kier molecular flexibility index (Phi) is 5.00. The van der Waals surface area contributed by atoms with E-state index in [1.165, 1.54) is 9.70 Å². The van der Waals surface area contributed by atoms with Crippen molar-refractivity contribution < 1.29 is 19.4 Å². The van der Waals surface area contributed by atoms with Crippen LogP contribution in [0.25, 0.3) is 0 Å². The number of rotatable bonds is 5. The first-order valence-corrected chi connectivity index (χ1v) is 8.14. The number of hydrogen-bond donors (Lipinski definition) is 1. The quantitative estimate of drug-likeness (QED) is 0.880. The number of carbonyl (C=O) groups is 1. The van der Waals surface area contributed by atoms with E-state index < -0.39 is 24.0 Å². The van der Waals surface area contributed by atoms with Crippen molar-refractivity contribution in [1.29, 1.82) is 0 Å². The van der Waals surface area contributed by atoms with Gasteiger partial charge in [0.15, 0.2) is 0 Å². The predicted molar refractivity (Wildman–Crippen MR) is 88.3 cm³/mol. The third kappa shape index (κ3) is 3.80. The lowest BCUT2D eigenvalue weighted by molar-refractivity contribution is -0.0804. The Morgan fingerprint density at radius 1 is 1.28 bits per heavy atom. The lowest BCUT2D eigenvalue weighted by atomic mass is 10.1. The van der Waals surface area contributed by atoms with Crippen LogP contribution in [0.5, 0.6) is 0 Å². The first-order chi connectivity index (χ1) is 12.0. The van der Waals surface area contributed by atoms with Crippen LogP contribution in [0, 0.1) is 0 Å². The Balaban J connectivity index is 1.75. The molecule has 0 radical (unpaired) electrons. The third-order valence-corrected chi connectivity index (χ3v) is 4.18. The van der Waals surface area contributed by atoms with E-state index in [1.807, 2.05) is 30.3 Å². The van der Waals surface area contributed by atoms with Gasteiger partial charge in [-0.15, -0.1) is 0 Å². The summed E-state index contributed by atoms with van der Waals surface area (Å²) >= 11 is 0. The molecule has 0 saturated carbocycles. The molecule has 25 heavy (non-hydrogen) atoms. The minimum Gasteiger partial charge on any atom is -0.444 e. The van der Waals surface area contributed by atoms with Crippen molar-refractivity contribution in [2.75, 3.05) is 6.61 Å². The molecule has 1 fully saturated rings. The van der Waals surface area contributed by atoms with Crippen molar-refractivity contribution in [1.82, 2.24) is 19.9 Å². The molecule has 134 valence electrons. The highest BCUT2D eigenvalue weighted by Crippen LogP contribution is 2.33. The van der Waals surface area contributed by atoms with Crippen LogP contribution >= 0.6 is 0 Å². The molecule has 1 saturated heterocycles. The normalized spacial score (nSPS) is 22.1. The van der Waals surface area contributed by atoms with Gasteiger partial charge in [-0.3, -0.25) is 4.90 Å². The fraction of sp³-hybridized carbons (Fsp3) is 0.471. The second kappa shape index (κ2) is 7.20. The number of nitrogens with zero attached hydrogens (tertiary/aromatic N) is 4. The molecule has 1 aliphatic rings. The Hall–Kier alpha value is -2.45. The van der Waals surface area contributed by atoms with Crippen molar-refractivity contribution in [3.63, 3.8) is 0 Å². The van der Waals surface area contributed by atoms with Crippen LogP contribution in [-0.2, 0) is 22.6 Å². The molecule has 1 aliphatic heterocycles. The Bertz CT molecular complexity index is 690. The van der Waals surface area contributed by atoms with E-state index in [1.54, 1.807) is 26.2 Å². The largest absolute Gasteiger partial charge is 0.444 e. The fourth-order valence-corrected chi connectivity index (χ4v) is 3.08. The van der Waals surface area contributed by atoms with Crippen LogP contribution < -0.4 is 0 Å². The first kappa shape index (κ1) is 17.4. The molecule has 2 aromatic rings. The molecule has 1 amide bonds. The standard InChI is InChI=1S/C17H22N4O4/c1-17(2)21(16(23)24-12-13-6-4-3-5-7-13)14(15(11-22)25-17)10-20-18-8-9-19-20/h3-9,14-15,22H,10-12H2,1-2H3. The highest BCUT2D eigenvalue weighted by molar-refractivity contribution is 5.69.